The SMILES string of the molecule is COc1cc(OC)cc([C@H](C(=O)NC2CCCC2)N(C(=O)Cn2nnc3ccccc32)c2cccc(C)c2C)c1. The van der Waals surface area contributed by atoms with Crippen LogP contribution in [0.1, 0.15) is 48.4 Å². The second kappa shape index (κ2) is 11.8. The lowest BCUT2D eigenvalue weighted by Gasteiger charge is -2.34. The number of anilines is 1. The zero-order valence-corrected chi connectivity index (χ0v) is 23.4. The quantitative estimate of drug-likeness (QED) is 0.324. The second-order valence-corrected chi connectivity index (χ2v) is 10.3. The number of amides is 2. The predicted molar refractivity (Wildman–Crippen MR) is 154 cm³/mol. The van der Waals surface area contributed by atoms with Crippen molar-refractivity contribution in [2.45, 2.75) is 58.2 Å². The molecular formula is C31H35N5O4. The smallest absolute Gasteiger partial charge is 0.249 e. The van der Waals surface area contributed by atoms with E-state index in [1.165, 1.54) is 0 Å². The maximum Gasteiger partial charge on any atom is 0.249 e. The van der Waals surface area contributed by atoms with Gasteiger partial charge in [-0.1, -0.05) is 42.3 Å². The highest BCUT2D eigenvalue weighted by Crippen LogP contribution is 2.36. The largest absolute Gasteiger partial charge is 0.497 e. The lowest BCUT2D eigenvalue weighted by atomic mass is 9.99. The Hall–Kier alpha value is -4.40. The molecule has 1 heterocycles. The molecule has 0 aliphatic heterocycles. The van der Waals surface area contributed by atoms with Crippen LogP contribution in [0.5, 0.6) is 11.5 Å². The minimum atomic E-state index is -0.979. The van der Waals surface area contributed by atoms with Crippen molar-refractivity contribution >= 4 is 28.5 Å². The van der Waals surface area contributed by atoms with Crippen molar-refractivity contribution in [3.63, 3.8) is 0 Å². The van der Waals surface area contributed by atoms with Crippen molar-refractivity contribution in [3.05, 3.63) is 77.4 Å². The Balaban J connectivity index is 1.65. The standard InChI is InChI=1S/C31H35N5O4/c1-20-10-9-15-27(21(20)2)36(29(37)19-35-28-14-8-7-13-26(28)33-34-35)30(31(38)32-23-11-5-6-12-23)22-16-24(39-3)18-25(17-22)40-4/h7-10,13-18,23,30H,5-6,11-12,19H2,1-4H3,(H,32,38)/t30-/m1/s1. The van der Waals surface area contributed by atoms with Crippen LogP contribution >= 0.6 is 0 Å². The normalized spacial score (nSPS) is 14.2. The number of aromatic nitrogens is 3. The third kappa shape index (κ3) is 5.50. The van der Waals surface area contributed by atoms with Crippen molar-refractivity contribution in [2.75, 3.05) is 19.1 Å². The summed E-state index contributed by atoms with van der Waals surface area (Å²) in [6.07, 6.45) is 3.98. The minimum Gasteiger partial charge on any atom is -0.497 e. The topological polar surface area (TPSA) is 98.6 Å². The lowest BCUT2D eigenvalue weighted by molar-refractivity contribution is -0.127. The summed E-state index contributed by atoms with van der Waals surface area (Å²) in [5.41, 5.74) is 4.60. The van der Waals surface area contributed by atoms with Gasteiger partial charge in [-0.2, -0.15) is 0 Å². The molecule has 9 nitrogen and oxygen atoms in total. The first-order valence-electron chi connectivity index (χ1n) is 13.6. The molecule has 9 heteroatoms. The number of nitrogens with zero attached hydrogens (tertiary/aromatic N) is 4. The first-order valence-corrected chi connectivity index (χ1v) is 13.6. The highest BCUT2D eigenvalue weighted by molar-refractivity contribution is 6.02. The molecule has 1 aromatic heterocycles. The number of methoxy groups -OCH3 is 2. The fraction of sp³-hybridized carbons (Fsp3) is 0.355. The highest BCUT2D eigenvalue weighted by atomic mass is 16.5. The predicted octanol–water partition coefficient (Wildman–Crippen LogP) is 4.90. The fourth-order valence-electron chi connectivity index (χ4n) is 5.41. The summed E-state index contributed by atoms with van der Waals surface area (Å²) in [6.45, 7) is 3.87. The Labute approximate surface area is 234 Å². The van der Waals surface area contributed by atoms with Crippen LogP contribution in [0.3, 0.4) is 0 Å². The van der Waals surface area contributed by atoms with Crippen molar-refractivity contribution in [1.82, 2.24) is 20.3 Å². The number of hydrogen-bond donors (Lipinski definition) is 1. The van der Waals surface area contributed by atoms with Crippen molar-refractivity contribution < 1.29 is 19.1 Å². The van der Waals surface area contributed by atoms with E-state index in [0.717, 1.165) is 42.3 Å². The molecule has 4 aromatic rings. The summed E-state index contributed by atoms with van der Waals surface area (Å²) in [6, 6.07) is 17.7. The van der Waals surface area contributed by atoms with Crippen LogP contribution in [0.4, 0.5) is 5.69 Å². The highest BCUT2D eigenvalue weighted by Gasteiger charge is 2.36. The van der Waals surface area contributed by atoms with Gasteiger partial charge >= 0.3 is 0 Å². The second-order valence-electron chi connectivity index (χ2n) is 10.3. The van der Waals surface area contributed by atoms with Crippen LogP contribution in [0.15, 0.2) is 60.7 Å². The molecule has 1 aliphatic carbocycles. The number of carbonyl (C=O) groups excluding carboxylic acids is 2. The lowest BCUT2D eigenvalue weighted by Crippen LogP contribution is -2.47. The molecule has 1 saturated carbocycles. The molecule has 0 spiro atoms. The average molecular weight is 542 g/mol. The van der Waals surface area contributed by atoms with Crippen LogP contribution in [-0.2, 0) is 16.1 Å². The summed E-state index contributed by atoms with van der Waals surface area (Å²) < 4.78 is 12.7. The third-order valence-corrected chi connectivity index (χ3v) is 7.71. The number of carbonyl (C=O) groups is 2. The summed E-state index contributed by atoms with van der Waals surface area (Å²) in [5, 5.41) is 11.7. The van der Waals surface area contributed by atoms with E-state index in [-0.39, 0.29) is 24.4 Å². The van der Waals surface area contributed by atoms with E-state index in [1.807, 2.05) is 56.3 Å². The van der Waals surface area contributed by atoms with Gasteiger partial charge in [0.15, 0.2) is 0 Å². The zero-order valence-electron chi connectivity index (χ0n) is 23.4. The number of fused-ring (bicyclic) bond motifs is 1. The third-order valence-electron chi connectivity index (χ3n) is 7.71. The van der Waals surface area contributed by atoms with Gasteiger partial charge in [-0.25, -0.2) is 4.68 Å². The molecule has 0 saturated heterocycles. The average Bonchev–Trinajstić information content (AvgIpc) is 3.63. The molecule has 3 aromatic carbocycles. The molecule has 1 fully saturated rings. The molecule has 1 aliphatic rings. The summed E-state index contributed by atoms with van der Waals surface area (Å²) in [4.78, 5) is 30.2. The Morgan fingerprint density at radius 1 is 1.00 bits per heavy atom. The van der Waals surface area contributed by atoms with E-state index in [9.17, 15) is 9.59 Å². The fourth-order valence-corrected chi connectivity index (χ4v) is 5.41. The van der Waals surface area contributed by atoms with Crippen molar-refractivity contribution in [2.24, 2.45) is 0 Å². The van der Waals surface area contributed by atoms with Crippen molar-refractivity contribution in [1.29, 1.82) is 0 Å². The van der Waals surface area contributed by atoms with E-state index in [4.69, 9.17) is 9.47 Å². The maximum atomic E-state index is 14.4. The Bertz CT molecular complexity index is 1500. The van der Waals surface area contributed by atoms with Crippen LogP contribution in [0.25, 0.3) is 11.0 Å². The number of para-hydroxylation sites is 1. The van der Waals surface area contributed by atoms with Crippen LogP contribution in [0, 0.1) is 13.8 Å². The first kappa shape index (κ1) is 27.2. The monoisotopic (exact) mass is 541 g/mol. The van der Waals surface area contributed by atoms with E-state index in [0.29, 0.717) is 28.3 Å². The van der Waals surface area contributed by atoms with Gasteiger partial charge in [0.2, 0.25) is 11.8 Å². The Morgan fingerprint density at radius 2 is 1.70 bits per heavy atom. The number of rotatable bonds is 9. The van der Waals surface area contributed by atoms with Crippen LogP contribution in [0.2, 0.25) is 0 Å². The molecule has 0 bridgehead atoms. The van der Waals surface area contributed by atoms with Gasteiger partial charge in [-0.3, -0.25) is 14.5 Å². The van der Waals surface area contributed by atoms with Crippen molar-refractivity contribution in [3.8, 4) is 11.5 Å². The molecule has 0 unspecified atom stereocenters. The number of nitrogens with one attached hydrogen (secondary N) is 1. The van der Waals surface area contributed by atoms with Gasteiger partial charge in [0, 0.05) is 17.8 Å². The van der Waals surface area contributed by atoms with Gasteiger partial charge in [-0.15, -0.1) is 5.10 Å². The van der Waals surface area contributed by atoms with E-state index in [1.54, 1.807) is 42.0 Å². The Kier molecular flexibility index (Phi) is 8.00. The molecular weight excluding hydrogens is 506 g/mol. The van der Waals surface area contributed by atoms with E-state index in [2.05, 4.69) is 15.6 Å². The number of benzene rings is 3. The molecule has 1 atom stereocenters. The van der Waals surface area contributed by atoms with Gasteiger partial charge < -0.3 is 14.8 Å². The molecule has 40 heavy (non-hydrogen) atoms. The molecule has 5 rings (SSSR count). The van der Waals surface area contributed by atoms with Crippen LogP contribution < -0.4 is 19.7 Å². The van der Waals surface area contributed by atoms with Gasteiger partial charge in [0.25, 0.3) is 0 Å². The van der Waals surface area contributed by atoms with Gasteiger partial charge in [-0.05, 0) is 73.7 Å². The Morgan fingerprint density at radius 3 is 2.40 bits per heavy atom. The van der Waals surface area contributed by atoms with E-state index >= 15 is 0 Å². The summed E-state index contributed by atoms with van der Waals surface area (Å²) >= 11 is 0. The number of aryl methyl sites for hydroxylation is 1. The molecule has 0 radical (unpaired) electrons. The molecule has 1 N–H and O–H groups in total. The maximum absolute atomic E-state index is 14.4. The number of ether oxygens (including phenoxy) is 2. The van der Waals surface area contributed by atoms with E-state index < -0.39 is 6.04 Å². The summed E-state index contributed by atoms with van der Waals surface area (Å²) in [5.74, 6) is 0.518. The minimum absolute atomic E-state index is 0.0670. The van der Waals surface area contributed by atoms with Gasteiger partial charge in [0.1, 0.15) is 29.6 Å². The first-order chi connectivity index (χ1) is 19.4. The summed E-state index contributed by atoms with van der Waals surface area (Å²) in [7, 11) is 3.13. The molecule has 2 amide bonds. The number of hydrogen-bond acceptors (Lipinski definition) is 6. The zero-order chi connectivity index (χ0) is 28.2. The van der Waals surface area contributed by atoms with Gasteiger partial charge in [0.05, 0.1) is 19.7 Å². The molecule has 208 valence electrons. The van der Waals surface area contributed by atoms with Crippen LogP contribution in [-0.4, -0.2) is 47.1 Å².